The van der Waals surface area contributed by atoms with Gasteiger partial charge in [-0.15, -0.1) is 0 Å². The summed E-state index contributed by atoms with van der Waals surface area (Å²) in [5.74, 6) is 5.65. The van der Waals surface area contributed by atoms with Crippen LogP contribution in [0, 0.1) is 0 Å². The smallest absolute Gasteiger partial charge is 0.152 e. The minimum absolute atomic E-state index is 0.289. The van der Waals surface area contributed by atoms with Crippen molar-refractivity contribution in [2.45, 2.75) is 0 Å². The summed E-state index contributed by atoms with van der Waals surface area (Å²) in [5, 5.41) is 0.646. The third-order valence-corrected chi connectivity index (χ3v) is 1.44. The minimum Gasteiger partial charge on any atom is -0.477 e. The van der Waals surface area contributed by atoms with Crippen LogP contribution in [0.25, 0.3) is 0 Å². The molecule has 0 unspecified atom stereocenters. The van der Waals surface area contributed by atoms with E-state index in [9.17, 15) is 0 Å². The van der Waals surface area contributed by atoms with E-state index in [0.717, 1.165) is 0 Å². The zero-order valence-corrected chi connectivity index (χ0v) is 7.14. The summed E-state index contributed by atoms with van der Waals surface area (Å²) in [4.78, 5) is 0. The Morgan fingerprint density at radius 2 is 2.33 bits per heavy atom. The molecule has 0 aromatic heterocycles. The van der Waals surface area contributed by atoms with Gasteiger partial charge in [0.1, 0.15) is 5.75 Å². The van der Waals surface area contributed by atoms with Crippen LogP contribution in [0.15, 0.2) is 24.3 Å². The van der Waals surface area contributed by atoms with Crippen LogP contribution < -0.4 is 21.5 Å². The van der Waals surface area contributed by atoms with Gasteiger partial charge in [0.15, 0.2) is 6.73 Å². The maximum Gasteiger partial charge on any atom is 0.152 e. The van der Waals surface area contributed by atoms with E-state index >= 15 is 0 Å². The molecule has 5 heteroatoms. The van der Waals surface area contributed by atoms with Gasteiger partial charge in [-0.3, -0.25) is 5.84 Å². The molecule has 0 saturated heterocycles. The first-order valence-corrected chi connectivity index (χ1v) is 3.77. The second-order valence-corrected chi connectivity index (χ2v) is 2.50. The predicted molar refractivity (Wildman–Crippen MR) is 47.4 cm³/mol. The molecule has 4 nitrogen and oxygen atoms in total. The van der Waals surface area contributed by atoms with E-state index in [1.807, 2.05) is 12.1 Å². The number of rotatable bonds is 4. The number of ether oxygens (including phenoxy) is 1. The number of halogens is 1. The Labute approximate surface area is 75.6 Å². The Bertz CT molecular complexity index is 244. The molecule has 0 heterocycles. The van der Waals surface area contributed by atoms with Crippen LogP contribution in [0.3, 0.4) is 0 Å². The first kappa shape index (κ1) is 9.28. The highest BCUT2D eigenvalue weighted by Gasteiger charge is 1.92. The summed E-state index contributed by atoms with van der Waals surface area (Å²) in [6.07, 6.45) is 0. The van der Waals surface area contributed by atoms with E-state index in [4.69, 9.17) is 22.2 Å². The van der Waals surface area contributed by atoms with Crippen molar-refractivity contribution in [2.24, 2.45) is 5.84 Å². The van der Waals surface area contributed by atoms with Gasteiger partial charge in [0.25, 0.3) is 0 Å². The summed E-state index contributed by atoms with van der Waals surface area (Å²) in [6.45, 7) is 0.289. The van der Waals surface area contributed by atoms with Crippen molar-refractivity contribution in [2.75, 3.05) is 6.73 Å². The van der Waals surface area contributed by atoms with E-state index in [1.54, 1.807) is 12.1 Å². The number of benzene rings is 1. The lowest BCUT2D eigenvalue weighted by molar-refractivity contribution is 0.261. The Hall–Kier alpha value is -0.810. The SMILES string of the molecule is NNNCOc1cccc(Cl)c1. The Kier molecular flexibility index (Phi) is 3.83. The molecular weight excluding hydrogens is 178 g/mol. The van der Waals surface area contributed by atoms with Crippen molar-refractivity contribution in [3.05, 3.63) is 29.3 Å². The quantitative estimate of drug-likeness (QED) is 0.280. The van der Waals surface area contributed by atoms with E-state index in [1.165, 1.54) is 0 Å². The van der Waals surface area contributed by atoms with Crippen LogP contribution >= 0.6 is 11.6 Å². The molecule has 0 fully saturated rings. The van der Waals surface area contributed by atoms with Crippen LogP contribution in [-0.2, 0) is 0 Å². The van der Waals surface area contributed by atoms with Crippen LogP contribution in [0.4, 0.5) is 0 Å². The minimum atomic E-state index is 0.289. The maximum atomic E-state index is 5.72. The number of hydrogen-bond acceptors (Lipinski definition) is 4. The molecule has 0 aliphatic carbocycles. The highest BCUT2D eigenvalue weighted by atomic mass is 35.5. The third-order valence-electron chi connectivity index (χ3n) is 1.21. The second kappa shape index (κ2) is 4.95. The molecule has 0 aliphatic heterocycles. The standard InChI is InChI=1S/C7H10ClN3O/c8-6-2-1-3-7(4-6)12-5-10-11-9/h1-4,10-11H,5,9H2. The molecule has 0 amide bonds. The largest absolute Gasteiger partial charge is 0.477 e. The van der Waals surface area contributed by atoms with Gasteiger partial charge in [-0.25, -0.2) is 5.43 Å². The molecule has 0 aliphatic rings. The van der Waals surface area contributed by atoms with E-state index < -0.39 is 0 Å². The topological polar surface area (TPSA) is 59.3 Å². The lowest BCUT2D eigenvalue weighted by Gasteiger charge is -2.05. The van der Waals surface area contributed by atoms with E-state index in [2.05, 4.69) is 11.0 Å². The normalized spacial score (nSPS) is 9.83. The fraction of sp³-hybridized carbons (Fsp3) is 0.143. The molecule has 4 N–H and O–H groups in total. The van der Waals surface area contributed by atoms with Crippen molar-refractivity contribution in [1.82, 2.24) is 11.0 Å². The van der Waals surface area contributed by atoms with E-state index in [0.29, 0.717) is 10.8 Å². The Morgan fingerprint density at radius 1 is 1.50 bits per heavy atom. The fourth-order valence-corrected chi connectivity index (χ4v) is 0.898. The average Bonchev–Trinajstić information content (AvgIpc) is 2.05. The van der Waals surface area contributed by atoms with Crippen LogP contribution in [0.5, 0.6) is 5.75 Å². The van der Waals surface area contributed by atoms with Crippen molar-refractivity contribution < 1.29 is 4.74 Å². The summed E-state index contributed by atoms with van der Waals surface area (Å²) in [7, 11) is 0. The predicted octanol–water partition coefficient (Wildman–Crippen LogP) is 0.644. The summed E-state index contributed by atoms with van der Waals surface area (Å²) in [6, 6.07) is 7.13. The third kappa shape index (κ3) is 3.06. The zero-order chi connectivity index (χ0) is 8.81. The highest BCUT2D eigenvalue weighted by molar-refractivity contribution is 6.30. The molecule has 0 spiro atoms. The molecule has 12 heavy (non-hydrogen) atoms. The van der Waals surface area contributed by atoms with E-state index in [-0.39, 0.29) is 6.73 Å². The van der Waals surface area contributed by atoms with Gasteiger partial charge >= 0.3 is 0 Å². The first-order chi connectivity index (χ1) is 5.83. The molecule has 66 valence electrons. The summed E-state index contributed by atoms with van der Waals surface area (Å²) < 4.78 is 5.19. The molecular formula is C7H10ClN3O. The lowest BCUT2D eigenvalue weighted by atomic mass is 10.3. The fourth-order valence-electron chi connectivity index (χ4n) is 0.718. The van der Waals surface area contributed by atoms with Gasteiger partial charge in [0.2, 0.25) is 0 Å². The zero-order valence-electron chi connectivity index (χ0n) is 6.38. The molecule has 0 atom stereocenters. The monoisotopic (exact) mass is 187 g/mol. The van der Waals surface area contributed by atoms with Crippen molar-refractivity contribution >= 4 is 11.6 Å². The van der Waals surface area contributed by atoms with Gasteiger partial charge in [0, 0.05) is 5.02 Å². The van der Waals surface area contributed by atoms with Crippen molar-refractivity contribution in [1.29, 1.82) is 0 Å². The van der Waals surface area contributed by atoms with Gasteiger partial charge < -0.3 is 4.74 Å². The molecule has 1 aromatic rings. The molecule has 0 saturated carbocycles. The summed E-state index contributed by atoms with van der Waals surface area (Å²) in [5.41, 5.74) is 4.82. The van der Waals surface area contributed by atoms with Crippen molar-refractivity contribution in [3.63, 3.8) is 0 Å². The van der Waals surface area contributed by atoms with Crippen LogP contribution in [0.1, 0.15) is 0 Å². The molecule has 1 rings (SSSR count). The average molecular weight is 188 g/mol. The summed E-state index contributed by atoms with van der Waals surface area (Å²) >= 11 is 5.72. The number of hydrazine groups is 2. The lowest BCUT2D eigenvalue weighted by Crippen LogP contribution is -2.40. The van der Waals surface area contributed by atoms with Crippen molar-refractivity contribution in [3.8, 4) is 5.75 Å². The highest BCUT2D eigenvalue weighted by Crippen LogP contribution is 2.16. The van der Waals surface area contributed by atoms with Gasteiger partial charge in [0.05, 0.1) is 0 Å². The van der Waals surface area contributed by atoms with Gasteiger partial charge in [-0.1, -0.05) is 17.7 Å². The molecule has 0 bridgehead atoms. The maximum absolute atomic E-state index is 5.72. The van der Waals surface area contributed by atoms with Gasteiger partial charge in [-0.2, -0.15) is 5.53 Å². The number of nitrogens with two attached hydrogens (primary N) is 1. The number of nitrogens with one attached hydrogen (secondary N) is 2. The van der Waals surface area contributed by atoms with Gasteiger partial charge in [-0.05, 0) is 18.2 Å². The number of hydrogen-bond donors (Lipinski definition) is 3. The Morgan fingerprint density at radius 3 is 3.00 bits per heavy atom. The second-order valence-electron chi connectivity index (χ2n) is 2.07. The van der Waals surface area contributed by atoms with Crippen LogP contribution in [-0.4, -0.2) is 6.73 Å². The Balaban J connectivity index is 2.41. The first-order valence-electron chi connectivity index (χ1n) is 3.40. The molecule has 0 radical (unpaired) electrons. The van der Waals surface area contributed by atoms with Crippen LogP contribution in [0.2, 0.25) is 5.02 Å². The molecule has 1 aromatic carbocycles.